The number of likely N-dealkylation sites (N-methyl/N-ethyl adjacent to an activating group) is 1. The van der Waals surface area contributed by atoms with Crippen LogP contribution in [0.5, 0.6) is 0 Å². The summed E-state index contributed by atoms with van der Waals surface area (Å²) in [6.45, 7) is 11.2. The lowest BCUT2D eigenvalue weighted by Crippen LogP contribution is -2.53. The van der Waals surface area contributed by atoms with E-state index in [9.17, 15) is 4.79 Å². The van der Waals surface area contributed by atoms with Crippen LogP contribution in [-0.4, -0.2) is 71.0 Å². The summed E-state index contributed by atoms with van der Waals surface area (Å²) in [6, 6.07) is 8.11. The monoisotopic (exact) mass is 396 g/mol. The molecule has 0 aliphatic carbocycles. The van der Waals surface area contributed by atoms with Crippen LogP contribution in [0, 0.1) is 0 Å². The first-order chi connectivity index (χ1) is 13.8. The number of nitrogens with zero attached hydrogens (tertiary/aromatic N) is 5. The van der Waals surface area contributed by atoms with Crippen molar-refractivity contribution in [2.45, 2.75) is 32.9 Å². The van der Waals surface area contributed by atoms with Gasteiger partial charge in [0.05, 0.1) is 6.54 Å². The zero-order valence-corrected chi connectivity index (χ0v) is 17.9. The molecule has 3 rings (SSSR count). The van der Waals surface area contributed by atoms with Gasteiger partial charge in [0.1, 0.15) is 0 Å². The highest BCUT2D eigenvalue weighted by atomic mass is 16.2. The largest absolute Gasteiger partial charge is 0.340 e. The third-order valence-electron chi connectivity index (χ3n) is 5.43. The topological polar surface area (TPSA) is 78.6 Å². The van der Waals surface area contributed by atoms with Crippen LogP contribution in [0.25, 0.3) is 11.1 Å². The van der Waals surface area contributed by atoms with Crippen LogP contribution in [0.1, 0.15) is 26.3 Å². The summed E-state index contributed by atoms with van der Waals surface area (Å²) in [6.07, 6.45) is 3.76. The van der Waals surface area contributed by atoms with E-state index in [1.165, 1.54) is 0 Å². The predicted molar refractivity (Wildman–Crippen MR) is 117 cm³/mol. The Hall–Kier alpha value is -2.51. The standard InChI is InChI=1S/C22H32N6O/c1-22(2,3)28-10-8-27(9-11-28)21-24-14-19(15-25-21)18-7-5-6-17(12-18)16-26(4)20(29)13-23/h5-7,12,14-15H,8-11,13,16,23H2,1-4H3. The Labute approximate surface area is 173 Å². The molecule has 0 saturated carbocycles. The fraction of sp³-hybridized carbons (Fsp3) is 0.500. The number of hydrogen-bond acceptors (Lipinski definition) is 6. The maximum Gasteiger partial charge on any atom is 0.236 e. The number of hydrogen-bond donors (Lipinski definition) is 1. The molecule has 29 heavy (non-hydrogen) atoms. The normalized spacial score (nSPS) is 15.4. The van der Waals surface area contributed by atoms with Gasteiger partial charge < -0.3 is 15.5 Å². The van der Waals surface area contributed by atoms with Gasteiger partial charge in [0.25, 0.3) is 0 Å². The van der Waals surface area contributed by atoms with Crippen LogP contribution in [0.2, 0.25) is 0 Å². The van der Waals surface area contributed by atoms with Gasteiger partial charge in [0, 0.05) is 63.3 Å². The summed E-state index contributed by atoms with van der Waals surface area (Å²) in [5, 5.41) is 0. The van der Waals surface area contributed by atoms with Crippen LogP contribution in [0.4, 0.5) is 5.95 Å². The third-order valence-corrected chi connectivity index (χ3v) is 5.43. The second-order valence-electron chi connectivity index (χ2n) is 8.57. The molecule has 1 aliphatic heterocycles. The van der Waals surface area contributed by atoms with Gasteiger partial charge in [0.2, 0.25) is 11.9 Å². The summed E-state index contributed by atoms with van der Waals surface area (Å²) < 4.78 is 0. The average Bonchev–Trinajstić information content (AvgIpc) is 2.73. The van der Waals surface area contributed by atoms with Crippen molar-refractivity contribution in [1.29, 1.82) is 0 Å². The second kappa shape index (κ2) is 8.88. The van der Waals surface area contributed by atoms with E-state index in [4.69, 9.17) is 5.73 Å². The molecule has 7 heteroatoms. The van der Waals surface area contributed by atoms with E-state index in [2.05, 4.69) is 46.6 Å². The molecule has 0 bridgehead atoms. The molecule has 1 aromatic heterocycles. The maximum atomic E-state index is 11.7. The number of benzene rings is 1. The lowest BCUT2D eigenvalue weighted by atomic mass is 10.0. The number of nitrogens with two attached hydrogens (primary N) is 1. The fourth-order valence-corrected chi connectivity index (χ4v) is 3.58. The Bertz CT molecular complexity index is 822. The van der Waals surface area contributed by atoms with Gasteiger partial charge in [-0.15, -0.1) is 0 Å². The van der Waals surface area contributed by atoms with Gasteiger partial charge in [-0.2, -0.15) is 0 Å². The van der Waals surface area contributed by atoms with Crippen molar-refractivity contribution < 1.29 is 4.79 Å². The lowest BCUT2D eigenvalue weighted by Gasteiger charge is -2.42. The quantitative estimate of drug-likeness (QED) is 0.833. The molecule has 0 spiro atoms. The zero-order chi connectivity index (χ0) is 21.0. The van der Waals surface area contributed by atoms with E-state index in [1.54, 1.807) is 11.9 Å². The van der Waals surface area contributed by atoms with Gasteiger partial charge in [-0.05, 0) is 38.0 Å². The van der Waals surface area contributed by atoms with Gasteiger partial charge in [0.15, 0.2) is 0 Å². The molecule has 7 nitrogen and oxygen atoms in total. The Morgan fingerprint density at radius 2 is 1.76 bits per heavy atom. The van der Waals surface area contributed by atoms with Crippen LogP contribution >= 0.6 is 0 Å². The van der Waals surface area contributed by atoms with Crippen molar-refractivity contribution in [1.82, 2.24) is 19.8 Å². The molecule has 1 amide bonds. The average molecular weight is 397 g/mol. The van der Waals surface area contributed by atoms with Gasteiger partial charge in [-0.3, -0.25) is 9.69 Å². The zero-order valence-electron chi connectivity index (χ0n) is 17.9. The predicted octanol–water partition coefficient (Wildman–Crippen LogP) is 1.98. The van der Waals surface area contributed by atoms with Gasteiger partial charge >= 0.3 is 0 Å². The highest BCUT2D eigenvalue weighted by Gasteiger charge is 2.26. The molecule has 2 heterocycles. The molecule has 1 fully saturated rings. The Kier molecular flexibility index (Phi) is 6.49. The molecule has 1 aliphatic rings. The first-order valence-electron chi connectivity index (χ1n) is 10.1. The number of anilines is 1. The van der Waals surface area contributed by atoms with E-state index < -0.39 is 0 Å². The van der Waals surface area contributed by atoms with Crippen LogP contribution in [-0.2, 0) is 11.3 Å². The lowest BCUT2D eigenvalue weighted by molar-refractivity contribution is -0.128. The van der Waals surface area contributed by atoms with E-state index in [0.29, 0.717) is 6.54 Å². The van der Waals surface area contributed by atoms with Crippen LogP contribution in [0.15, 0.2) is 36.7 Å². The van der Waals surface area contributed by atoms with Crippen molar-refractivity contribution >= 4 is 11.9 Å². The number of rotatable bonds is 5. The maximum absolute atomic E-state index is 11.7. The van der Waals surface area contributed by atoms with Crippen LogP contribution < -0.4 is 10.6 Å². The van der Waals surface area contributed by atoms with Crippen molar-refractivity contribution in [3.05, 3.63) is 42.2 Å². The minimum atomic E-state index is -0.0744. The molecule has 2 N–H and O–H groups in total. The Balaban J connectivity index is 1.66. The SMILES string of the molecule is CN(Cc1cccc(-c2cnc(N3CCN(C(C)(C)C)CC3)nc2)c1)C(=O)CN. The van der Waals surface area contributed by atoms with Crippen molar-refractivity contribution in [2.75, 3.05) is 44.7 Å². The van der Waals surface area contributed by atoms with E-state index in [1.807, 2.05) is 30.6 Å². The Morgan fingerprint density at radius 1 is 1.10 bits per heavy atom. The van der Waals surface area contributed by atoms with Gasteiger partial charge in [-0.1, -0.05) is 18.2 Å². The number of aromatic nitrogens is 2. The third kappa shape index (κ3) is 5.31. The molecular formula is C22H32N6O. The number of carbonyl (C=O) groups is 1. The van der Waals surface area contributed by atoms with Crippen molar-refractivity contribution in [3.63, 3.8) is 0 Å². The fourth-order valence-electron chi connectivity index (χ4n) is 3.58. The number of piperazine rings is 1. The molecule has 0 unspecified atom stereocenters. The molecule has 156 valence electrons. The summed E-state index contributed by atoms with van der Waals surface area (Å²) in [5.74, 6) is 0.710. The minimum Gasteiger partial charge on any atom is -0.340 e. The highest BCUT2D eigenvalue weighted by molar-refractivity contribution is 5.77. The van der Waals surface area contributed by atoms with Crippen molar-refractivity contribution in [2.24, 2.45) is 5.73 Å². The minimum absolute atomic E-state index is 0.0233. The summed E-state index contributed by atoms with van der Waals surface area (Å²) in [4.78, 5) is 27.3. The smallest absolute Gasteiger partial charge is 0.236 e. The second-order valence-corrected chi connectivity index (χ2v) is 8.57. The van der Waals surface area contributed by atoms with Crippen molar-refractivity contribution in [3.8, 4) is 11.1 Å². The van der Waals surface area contributed by atoms with E-state index in [0.717, 1.165) is 48.8 Å². The summed E-state index contributed by atoms with van der Waals surface area (Å²) in [5.41, 5.74) is 8.70. The first kappa shape index (κ1) is 21.2. The molecule has 1 saturated heterocycles. The molecular weight excluding hydrogens is 364 g/mol. The number of amides is 1. The van der Waals surface area contributed by atoms with E-state index in [-0.39, 0.29) is 18.0 Å². The summed E-state index contributed by atoms with van der Waals surface area (Å²) >= 11 is 0. The summed E-state index contributed by atoms with van der Waals surface area (Å²) in [7, 11) is 1.76. The molecule has 0 radical (unpaired) electrons. The van der Waals surface area contributed by atoms with Crippen LogP contribution in [0.3, 0.4) is 0 Å². The van der Waals surface area contributed by atoms with E-state index >= 15 is 0 Å². The molecule has 1 aromatic carbocycles. The highest BCUT2D eigenvalue weighted by Crippen LogP contribution is 2.22. The van der Waals surface area contributed by atoms with Gasteiger partial charge in [-0.25, -0.2) is 9.97 Å². The number of carbonyl (C=O) groups excluding carboxylic acids is 1. The Morgan fingerprint density at radius 3 is 2.34 bits per heavy atom. The first-order valence-corrected chi connectivity index (χ1v) is 10.1. The molecule has 2 aromatic rings. The molecule has 0 atom stereocenters.